The number of hydrogen-bond donors (Lipinski definition) is 2. The molecule has 3 N–H and O–H groups in total. The highest BCUT2D eigenvalue weighted by Gasteiger charge is 2.18. The van der Waals surface area contributed by atoms with Gasteiger partial charge in [-0.2, -0.15) is 5.10 Å². The van der Waals surface area contributed by atoms with Crippen LogP contribution in [0.5, 0.6) is 0 Å². The number of anilines is 2. The fourth-order valence-corrected chi connectivity index (χ4v) is 3.28. The standard InChI is InChI=1S/C24H30N4O/c1-5-17-9-12-19(13-10-17)23(29)26-20-8-6-7-18(15-20)11-14-21-16-22(25)28(27-21)24(2,3)4/h6-10,12-13,15-16H,5,11,14,25H2,1-4H3,(H,26,29). The van der Waals surface area contributed by atoms with E-state index in [-0.39, 0.29) is 11.4 Å². The molecule has 0 bridgehead atoms. The number of aryl methyl sites for hydroxylation is 3. The number of aromatic nitrogens is 2. The third kappa shape index (κ3) is 5.25. The van der Waals surface area contributed by atoms with Crippen molar-refractivity contribution in [2.24, 2.45) is 0 Å². The van der Waals surface area contributed by atoms with Crippen molar-refractivity contribution in [2.45, 2.75) is 52.5 Å². The van der Waals surface area contributed by atoms with E-state index in [2.05, 4.69) is 44.2 Å². The lowest BCUT2D eigenvalue weighted by Crippen LogP contribution is -2.24. The van der Waals surface area contributed by atoms with E-state index >= 15 is 0 Å². The van der Waals surface area contributed by atoms with Gasteiger partial charge in [-0.25, -0.2) is 4.68 Å². The summed E-state index contributed by atoms with van der Waals surface area (Å²) in [5, 5.41) is 7.63. The van der Waals surface area contributed by atoms with Crippen LogP contribution in [0.25, 0.3) is 0 Å². The number of nitrogens with zero attached hydrogens (tertiary/aromatic N) is 2. The van der Waals surface area contributed by atoms with Crippen LogP contribution in [0.15, 0.2) is 54.6 Å². The molecule has 5 heteroatoms. The van der Waals surface area contributed by atoms with Crippen molar-refractivity contribution in [1.82, 2.24) is 9.78 Å². The first-order chi connectivity index (χ1) is 13.8. The first-order valence-electron chi connectivity index (χ1n) is 10.1. The molecule has 0 saturated carbocycles. The highest BCUT2D eigenvalue weighted by atomic mass is 16.1. The Labute approximate surface area is 172 Å². The molecule has 0 unspecified atom stereocenters. The summed E-state index contributed by atoms with van der Waals surface area (Å²) < 4.78 is 1.86. The molecule has 1 heterocycles. The fraction of sp³-hybridized carbons (Fsp3) is 0.333. The van der Waals surface area contributed by atoms with Gasteiger partial charge in [0, 0.05) is 17.3 Å². The Morgan fingerprint density at radius 2 is 1.76 bits per heavy atom. The van der Waals surface area contributed by atoms with Crippen LogP contribution in [0.4, 0.5) is 11.5 Å². The van der Waals surface area contributed by atoms with Gasteiger partial charge in [0.15, 0.2) is 0 Å². The average Bonchev–Trinajstić information content (AvgIpc) is 3.08. The summed E-state index contributed by atoms with van der Waals surface area (Å²) >= 11 is 0. The zero-order valence-corrected chi connectivity index (χ0v) is 17.7. The van der Waals surface area contributed by atoms with E-state index < -0.39 is 0 Å². The van der Waals surface area contributed by atoms with Crippen LogP contribution in [0.1, 0.15) is 54.9 Å². The number of benzene rings is 2. The van der Waals surface area contributed by atoms with Crippen LogP contribution in [0, 0.1) is 0 Å². The second-order valence-corrected chi connectivity index (χ2v) is 8.35. The highest BCUT2D eigenvalue weighted by molar-refractivity contribution is 6.04. The molecule has 1 amide bonds. The van der Waals surface area contributed by atoms with Gasteiger partial charge in [-0.1, -0.05) is 31.2 Å². The summed E-state index contributed by atoms with van der Waals surface area (Å²) in [7, 11) is 0. The van der Waals surface area contributed by atoms with E-state index in [1.165, 1.54) is 5.56 Å². The lowest BCUT2D eigenvalue weighted by Gasteiger charge is -2.20. The Bertz CT molecular complexity index is 981. The zero-order chi connectivity index (χ0) is 21.0. The highest BCUT2D eigenvalue weighted by Crippen LogP contribution is 2.20. The number of rotatable bonds is 6. The van der Waals surface area contributed by atoms with Crippen LogP contribution in [-0.4, -0.2) is 15.7 Å². The summed E-state index contributed by atoms with van der Waals surface area (Å²) in [6.07, 6.45) is 2.59. The fourth-order valence-electron chi connectivity index (χ4n) is 3.28. The van der Waals surface area contributed by atoms with Gasteiger partial charge in [-0.05, 0) is 75.4 Å². The molecule has 0 aliphatic heterocycles. The quantitative estimate of drug-likeness (QED) is 0.634. The zero-order valence-electron chi connectivity index (χ0n) is 17.7. The molecule has 0 saturated heterocycles. The number of nitrogens with one attached hydrogen (secondary N) is 1. The van der Waals surface area contributed by atoms with Crippen LogP contribution in [0.2, 0.25) is 0 Å². The molecule has 0 aliphatic carbocycles. The number of nitrogen functional groups attached to an aromatic ring is 1. The van der Waals surface area contributed by atoms with Crippen LogP contribution in [0.3, 0.4) is 0 Å². The summed E-state index contributed by atoms with van der Waals surface area (Å²) in [6, 6.07) is 17.6. The van der Waals surface area contributed by atoms with Crippen molar-refractivity contribution in [2.75, 3.05) is 11.1 Å². The summed E-state index contributed by atoms with van der Waals surface area (Å²) in [6.45, 7) is 8.36. The number of hydrogen-bond acceptors (Lipinski definition) is 3. The smallest absolute Gasteiger partial charge is 0.255 e. The molecule has 1 aromatic heterocycles. The van der Waals surface area contributed by atoms with Crippen molar-refractivity contribution in [3.8, 4) is 0 Å². The molecule has 3 rings (SSSR count). The van der Waals surface area contributed by atoms with E-state index in [4.69, 9.17) is 5.73 Å². The molecule has 0 aliphatic rings. The minimum atomic E-state index is -0.137. The normalized spacial score (nSPS) is 11.4. The van der Waals surface area contributed by atoms with Gasteiger partial charge in [-0.15, -0.1) is 0 Å². The molecule has 2 aromatic carbocycles. The van der Waals surface area contributed by atoms with Crippen molar-refractivity contribution in [3.05, 3.63) is 77.0 Å². The van der Waals surface area contributed by atoms with Crippen molar-refractivity contribution in [1.29, 1.82) is 0 Å². The predicted octanol–water partition coefficient (Wildman–Crippen LogP) is 4.82. The minimum Gasteiger partial charge on any atom is -0.384 e. The molecule has 3 aromatic rings. The number of amides is 1. The van der Waals surface area contributed by atoms with E-state index in [0.29, 0.717) is 11.4 Å². The third-order valence-corrected chi connectivity index (χ3v) is 4.90. The molecule has 5 nitrogen and oxygen atoms in total. The summed E-state index contributed by atoms with van der Waals surface area (Å²) in [5.41, 5.74) is 10.8. The lowest BCUT2D eigenvalue weighted by atomic mass is 10.1. The van der Waals surface area contributed by atoms with E-state index in [1.54, 1.807) is 0 Å². The maximum absolute atomic E-state index is 12.5. The lowest BCUT2D eigenvalue weighted by molar-refractivity contribution is 0.102. The molecular formula is C24H30N4O. The van der Waals surface area contributed by atoms with Crippen molar-refractivity contribution < 1.29 is 4.79 Å². The molecule has 0 fully saturated rings. The monoisotopic (exact) mass is 390 g/mol. The van der Waals surface area contributed by atoms with Gasteiger partial charge in [0.1, 0.15) is 5.82 Å². The maximum Gasteiger partial charge on any atom is 0.255 e. The maximum atomic E-state index is 12.5. The SMILES string of the molecule is CCc1ccc(C(=O)Nc2cccc(CCc3cc(N)n(C(C)(C)C)n3)c2)cc1. The number of carbonyl (C=O) groups is 1. The number of carbonyl (C=O) groups excluding carboxylic acids is 1. The van der Waals surface area contributed by atoms with Gasteiger partial charge in [0.05, 0.1) is 11.2 Å². The molecule has 29 heavy (non-hydrogen) atoms. The van der Waals surface area contributed by atoms with Gasteiger partial charge in [-0.3, -0.25) is 4.79 Å². The summed E-state index contributed by atoms with van der Waals surface area (Å²) in [5.74, 6) is 0.587. The largest absolute Gasteiger partial charge is 0.384 e. The van der Waals surface area contributed by atoms with Crippen LogP contribution in [-0.2, 0) is 24.8 Å². The second kappa shape index (κ2) is 8.52. The first kappa shape index (κ1) is 20.6. The van der Waals surface area contributed by atoms with Crippen LogP contribution < -0.4 is 11.1 Å². The van der Waals surface area contributed by atoms with Gasteiger partial charge >= 0.3 is 0 Å². The Morgan fingerprint density at radius 1 is 1.03 bits per heavy atom. The molecule has 0 spiro atoms. The molecule has 152 valence electrons. The molecule has 0 atom stereocenters. The topological polar surface area (TPSA) is 72.9 Å². The Kier molecular flexibility index (Phi) is 6.06. The Balaban J connectivity index is 1.64. The van der Waals surface area contributed by atoms with Gasteiger partial charge in [0.2, 0.25) is 0 Å². The van der Waals surface area contributed by atoms with Gasteiger partial charge in [0.25, 0.3) is 5.91 Å². The van der Waals surface area contributed by atoms with Gasteiger partial charge < -0.3 is 11.1 Å². The van der Waals surface area contributed by atoms with Crippen molar-refractivity contribution >= 4 is 17.4 Å². The Morgan fingerprint density at radius 3 is 2.38 bits per heavy atom. The second-order valence-electron chi connectivity index (χ2n) is 8.35. The predicted molar refractivity (Wildman–Crippen MR) is 119 cm³/mol. The van der Waals surface area contributed by atoms with Crippen molar-refractivity contribution in [3.63, 3.8) is 0 Å². The first-order valence-corrected chi connectivity index (χ1v) is 10.1. The van der Waals surface area contributed by atoms with E-state index in [9.17, 15) is 4.79 Å². The van der Waals surface area contributed by atoms with Crippen LogP contribution >= 0.6 is 0 Å². The average molecular weight is 391 g/mol. The van der Waals surface area contributed by atoms with E-state index in [0.717, 1.165) is 36.2 Å². The minimum absolute atomic E-state index is 0.0958. The molecule has 0 radical (unpaired) electrons. The number of nitrogens with two attached hydrogens (primary N) is 1. The third-order valence-electron chi connectivity index (χ3n) is 4.90. The Hall–Kier alpha value is -3.08. The van der Waals surface area contributed by atoms with E-state index in [1.807, 2.05) is 53.2 Å². The molecular weight excluding hydrogens is 360 g/mol. The summed E-state index contributed by atoms with van der Waals surface area (Å²) in [4.78, 5) is 12.5.